The quantitative estimate of drug-likeness (QED) is 0.328. The third-order valence-electron chi connectivity index (χ3n) is 7.12. The maximum Gasteiger partial charge on any atom is 0.416 e. The Bertz CT molecular complexity index is 949. The Morgan fingerprint density at radius 1 is 1.23 bits per heavy atom. The van der Waals surface area contributed by atoms with Crippen molar-refractivity contribution in [3.8, 4) is 0 Å². The lowest BCUT2D eigenvalue weighted by Crippen LogP contribution is -2.62. The van der Waals surface area contributed by atoms with Gasteiger partial charge in [-0.1, -0.05) is 19.9 Å². The molecule has 1 unspecified atom stereocenters. The fraction of sp³-hybridized carbons (Fsp3) is 0.640. The Labute approximate surface area is 204 Å². The van der Waals surface area contributed by atoms with Gasteiger partial charge in [0.25, 0.3) is 0 Å². The summed E-state index contributed by atoms with van der Waals surface area (Å²) in [6.45, 7) is 6.74. The molecule has 1 aliphatic carbocycles. The van der Waals surface area contributed by atoms with Gasteiger partial charge in [0.15, 0.2) is 0 Å². The summed E-state index contributed by atoms with van der Waals surface area (Å²) in [6, 6.07) is 3.44. The highest BCUT2D eigenvalue weighted by Gasteiger charge is 2.37. The number of carbonyl (C=O) groups is 1. The molecule has 0 bridgehead atoms. The molecule has 1 aromatic rings. The molecule has 1 amide bonds. The van der Waals surface area contributed by atoms with Crippen molar-refractivity contribution in [2.45, 2.75) is 70.8 Å². The highest BCUT2D eigenvalue weighted by atomic mass is 19.4. The van der Waals surface area contributed by atoms with Gasteiger partial charge in [0.1, 0.15) is 12.4 Å². The fourth-order valence-electron chi connectivity index (χ4n) is 5.03. The minimum Gasteiger partial charge on any atom is -0.393 e. The second-order valence-electron chi connectivity index (χ2n) is 10.1. The molecular weight excluding hydrogens is 459 g/mol. The van der Waals surface area contributed by atoms with Gasteiger partial charge in [-0.3, -0.25) is 14.7 Å². The van der Waals surface area contributed by atoms with Crippen molar-refractivity contribution in [1.82, 2.24) is 10.2 Å². The molecule has 0 aromatic heterocycles. The lowest BCUT2D eigenvalue weighted by molar-refractivity contribution is -0.137. The van der Waals surface area contributed by atoms with E-state index < -0.39 is 11.7 Å². The summed E-state index contributed by atoms with van der Waals surface area (Å²) in [5.74, 6) is 0.0798. The number of halogens is 3. The van der Waals surface area contributed by atoms with Crippen LogP contribution in [-0.4, -0.2) is 65.3 Å². The van der Waals surface area contributed by atoms with Gasteiger partial charge < -0.3 is 21.6 Å². The molecule has 5 N–H and O–H groups in total. The van der Waals surface area contributed by atoms with Crippen molar-refractivity contribution in [3.63, 3.8) is 0 Å². The molecule has 2 aliphatic rings. The van der Waals surface area contributed by atoms with Gasteiger partial charge in [-0.15, -0.1) is 0 Å². The predicted molar refractivity (Wildman–Crippen MR) is 130 cm³/mol. The second kappa shape index (κ2) is 11.1. The van der Waals surface area contributed by atoms with E-state index in [1.807, 2.05) is 13.8 Å². The number of amides is 1. The Kier molecular flexibility index (Phi) is 8.58. The van der Waals surface area contributed by atoms with E-state index in [1.165, 1.54) is 13.0 Å². The number of aliphatic hydroxyl groups excluding tert-OH is 1. The van der Waals surface area contributed by atoms with Crippen LogP contribution in [0.2, 0.25) is 0 Å². The van der Waals surface area contributed by atoms with Crippen molar-refractivity contribution in [1.29, 1.82) is 5.41 Å². The maximum atomic E-state index is 13.1. The maximum absolute atomic E-state index is 13.1. The highest BCUT2D eigenvalue weighted by molar-refractivity contribution is 6.10. The van der Waals surface area contributed by atoms with Gasteiger partial charge in [0.2, 0.25) is 5.91 Å². The van der Waals surface area contributed by atoms with E-state index in [2.05, 4.69) is 15.2 Å². The van der Waals surface area contributed by atoms with Gasteiger partial charge in [-0.05, 0) is 56.6 Å². The van der Waals surface area contributed by atoms with Crippen LogP contribution in [-0.2, 0) is 11.0 Å². The van der Waals surface area contributed by atoms with E-state index in [0.29, 0.717) is 12.0 Å². The normalized spacial score (nSPS) is 23.1. The first kappa shape index (κ1) is 27.1. The first-order valence-corrected chi connectivity index (χ1v) is 12.1. The summed E-state index contributed by atoms with van der Waals surface area (Å²) in [5.41, 5.74) is 5.32. The fourth-order valence-corrected chi connectivity index (χ4v) is 5.03. The molecular formula is C25H36F3N5O2. The topological polar surface area (TPSA) is 115 Å². The summed E-state index contributed by atoms with van der Waals surface area (Å²) in [4.78, 5) is 18.7. The minimum atomic E-state index is -4.55. The van der Waals surface area contributed by atoms with Crippen LogP contribution in [0.3, 0.4) is 0 Å². The van der Waals surface area contributed by atoms with Crippen LogP contribution >= 0.6 is 0 Å². The number of nitrogens with two attached hydrogens (primary N) is 1. The number of benzene rings is 1. The Morgan fingerprint density at radius 2 is 1.86 bits per heavy atom. The number of nitrogens with one attached hydrogen (secondary N) is 2. The van der Waals surface area contributed by atoms with Crippen LogP contribution < -0.4 is 11.1 Å². The number of carbonyl (C=O) groups excluding carboxylic acids is 1. The molecule has 1 saturated carbocycles. The van der Waals surface area contributed by atoms with Crippen LogP contribution in [0, 0.1) is 17.2 Å². The number of hydrogen-bond acceptors (Lipinski definition) is 5. The van der Waals surface area contributed by atoms with E-state index in [4.69, 9.17) is 11.1 Å². The molecule has 0 radical (unpaired) electrons. The monoisotopic (exact) mass is 495 g/mol. The Hall–Kier alpha value is -2.46. The molecule has 2 fully saturated rings. The van der Waals surface area contributed by atoms with Gasteiger partial charge in [0.05, 0.1) is 17.7 Å². The number of hydrogen-bond donors (Lipinski definition) is 4. The van der Waals surface area contributed by atoms with Crippen LogP contribution in [0.5, 0.6) is 0 Å². The first-order valence-electron chi connectivity index (χ1n) is 12.1. The molecule has 1 saturated heterocycles. The Morgan fingerprint density at radius 3 is 2.40 bits per heavy atom. The lowest BCUT2D eigenvalue weighted by atomic mass is 9.78. The zero-order valence-corrected chi connectivity index (χ0v) is 20.5. The summed E-state index contributed by atoms with van der Waals surface area (Å²) in [5, 5.41) is 21.0. The molecule has 0 spiro atoms. The summed E-state index contributed by atoms with van der Waals surface area (Å²) < 4.78 is 39.3. The predicted octanol–water partition coefficient (Wildman–Crippen LogP) is 3.17. The molecule has 7 nitrogen and oxygen atoms in total. The molecule has 35 heavy (non-hydrogen) atoms. The van der Waals surface area contributed by atoms with Crippen molar-refractivity contribution < 1.29 is 23.1 Å². The van der Waals surface area contributed by atoms with E-state index in [0.717, 1.165) is 50.9 Å². The van der Waals surface area contributed by atoms with Gasteiger partial charge in [-0.2, -0.15) is 13.2 Å². The third kappa shape index (κ3) is 6.82. The molecule has 1 aliphatic heterocycles. The van der Waals surface area contributed by atoms with Gasteiger partial charge in [-0.25, -0.2) is 0 Å². The number of aliphatic hydroxyl groups is 1. The van der Waals surface area contributed by atoms with E-state index >= 15 is 0 Å². The number of amidine groups is 1. The lowest BCUT2D eigenvalue weighted by Gasteiger charge is -2.47. The number of likely N-dealkylation sites (tertiary alicyclic amines) is 1. The standard InChI is InChI=1S/C25H36F3N5O2/c1-14(2)23(35)16-4-7-19(8-5-16)33-12-18(13-33)32-22(34)11-31-24(30)21-10-17(25(26,27)28)6-9-20(21)15(3)29/h6,9-10,14,16,18-19,23,29,35H,4-5,7-8,11-13H2,1-3H3,(H2,30,31)(H,32,34). The van der Waals surface area contributed by atoms with Crippen LogP contribution in [0.4, 0.5) is 13.2 Å². The van der Waals surface area contributed by atoms with Crippen molar-refractivity contribution in [2.75, 3.05) is 19.6 Å². The van der Waals surface area contributed by atoms with E-state index in [-0.39, 0.29) is 53.2 Å². The summed E-state index contributed by atoms with van der Waals surface area (Å²) >= 11 is 0. The van der Waals surface area contributed by atoms with Crippen molar-refractivity contribution in [3.05, 3.63) is 34.9 Å². The van der Waals surface area contributed by atoms with Crippen molar-refractivity contribution in [2.24, 2.45) is 22.6 Å². The van der Waals surface area contributed by atoms with Crippen molar-refractivity contribution >= 4 is 17.5 Å². The van der Waals surface area contributed by atoms with Crippen LogP contribution in [0.1, 0.15) is 63.1 Å². The van der Waals surface area contributed by atoms with E-state index in [9.17, 15) is 23.1 Å². The molecule has 1 atom stereocenters. The average Bonchev–Trinajstić information content (AvgIpc) is 2.78. The summed E-state index contributed by atoms with van der Waals surface area (Å²) in [7, 11) is 0. The number of aliphatic imine (C=N–C) groups is 1. The number of alkyl halides is 3. The number of rotatable bonds is 8. The summed E-state index contributed by atoms with van der Waals surface area (Å²) in [6.07, 6.45) is -0.688. The molecule has 1 aromatic carbocycles. The van der Waals surface area contributed by atoms with Crippen LogP contribution in [0.25, 0.3) is 0 Å². The zero-order chi connectivity index (χ0) is 25.9. The zero-order valence-electron chi connectivity index (χ0n) is 20.5. The molecule has 10 heteroatoms. The highest BCUT2D eigenvalue weighted by Crippen LogP contribution is 2.34. The third-order valence-corrected chi connectivity index (χ3v) is 7.12. The largest absolute Gasteiger partial charge is 0.416 e. The average molecular weight is 496 g/mol. The molecule has 3 rings (SSSR count). The van der Waals surface area contributed by atoms with Gasteiger partial charge in [0, 0.05) is 36.0 Å². The Balaban J connectivity index is 1.49. The second-order valence-corrected chi connectivity index (χ2v) is 10.1. The first-order chi connectivity index (χ1) is 16.4. The van der Waals surface area contributed by atoms with Crippen LogP contribution in [0.15, 0.2) is 23.2 Å². The number of nitrogens with zero attached hydrogens (tertiary/aromatic N) is 2. The SMILES string of the molecule is CC(=N)c1ccc(C(F)(F)F)cc1C(N)=NCC(=O)NC1CN(C2CCC(C(O)C(C)C)CC2)C1. The molecule has 194 valence electrons. The molecule has 1 heterocycles. The smallest absolute Gasteiger partial charge is 0.393 e. The van der Waals surface area contributed by atoms with Gasteiger partial charge >= 0.3 is 6.18 Å². The van der Waals surface area contributed by atoms with E-state index in [1.54, 1.807) is 0 Å². The minimum absolute atomic E-state index is 0.00541.